The van der Waals surface area contributed by atoms with Gasteiger partial charge in [0.2, 0.25) is 0 Å². The van der Waals surface area contributed by atoms with E-state index in [4.69, 9.17) is 0 Å². The number of pyridine rings is 1. The molecule has 0 bridgehead atoms. The predicted molar refractivity (Wildman–Crippen MR) is 118 cm³/mol. The number of anilines is 1. The van der Waals surface area contributed by atoms with Crippen LogP contribution in [0.15, 0.2) is 48.9 Å². The Hall–Kier alpha value is -4.00. The smallest absolute Gasteiger partial charge is 0.406 e. The molecule has 2 amide bonds. The minimum absolute atomic E-state index is 0.150. The first kappa shape index (κ1) is 23.7. The van der Waals surface area contributed by atoms with Crippen LogP contribution in [-0.4, -0.2) is 68.7 Å². The fourth-order valence-corrected chi connectivity index (χ4v) is 4.43. The van der Waals surface area contributed by atoms with E-state index in [-0.39, 0.29) is 32.0 Å². The second-order valence-corrected chi connectivity index (χ2v) is 8.47. The summed E-state index contributed by atoms with van der Waals surface area (Å²) < 4.78 is 56.3. The van der Waals surface area contributed by atoms with Crippen LogP contribution < -0.4 is 9.64 Å². The third-order valence-corrected chi connectivity index (χ3v) is 6.14. The van der Waals surface area contributed by atoms with Gasteiger partial charge in [-0.3, -0.25) is 9.59 Å². The van der Waals surface area contributed by atoms with Gasteiger partial charge >= 0.3 is 6.36 Å². The number of rotatable bonds is 5. The third-order valence-electron chi connectivity index (χ3n) is 6.14. The number of benzene rings is 1. The van der Waals surface area contributed by atoms with Gasteiger partial charge in [-0.2, -0.15) is 5.10 Å². The van der Waals surface area contributed by atoms with Crippen LogP contribution in [0.3, 0.4) is 0 Å². The van der Waals surface area contributed by atoms with E-state index in [1.807, 2.05) is 0 Å². The Morgan fingerprint density at radius 1 is 1.17 bits per heavy atom. The molecule has 13 heteroatoms. The molecule has 0 saturated carbocycles. The molecule has 2 aliphatic heterocycles. The molecular formula is C23H19F4N5O4. The molecule has 1 aromatic carbocycles. The van der Waals surface area contributed by atoms with Crippen LogP contribution in [0, 0.1) is 0 Å². The van der Waals surface area contributed by atoms with Crippen molar-refractivity contribution in [2.24, 2.45) is 0 Å². The summed E-state index contributed by atoms with van der Waals surface area (Å²) in [6.45, 7) is 3.59. The third kappa shape index (κ3) is 4.15. The number of alkyl halides is 3. The molecule has 2 fully saturated rings. The zero-order valence-corrected chi connectivity index (χ0v) is 18.6. The van der Waals surface area contributed by atoms with E-state index in [0.717, 1.165) is 12.1 Å². The fraction of sp³-hybridized carbons (Fsp3) is 0.304. The van der Waals surface area contributed by atoms with Crippen LogP contribution in [0.1, 0.15) is 18.0 Å². The summed E-state index contributed by atoms with van der Waals surface area (Å²) >= 11 is 0. The van der Waals surface area contributed by atoms with Gasteiger partial charge in [0, 0.05) is 38.2 Å². The normalized spacial score (nSPS) is 18.6. The minimum Gasteiger partial charge on any atom is -0.406 e. The number of fused-ring (bicyclic) bond motifs is 1. The van der Waals surface area contributed by atoms with Gasteiger partial charge < -0.3 is 19.6 Å². The Morgan fingerprint density at radius 3 is 2.44 bits per heavy atom. The monoisotopic (exact) mass is 505 g/mol. The number of carbonyl (C=O) groups is 2. The van der Waals surface area contributed by atoms with Gasteiger partial charge in [0.1, 0.15) is 11.9 Å². The Labute approximate surface area is 201 Å². The van der Waals surface area contributed by atoms with E-state index < -0.39 is 35.9 Å². The average molecular weight is 505 g/mol. The number of hydrogen-bond acceptors (Lipinski definition) is 6. The zero-order valence-electron chi connectivity index (χ0n) is 18.6. The van der Waals surface area contributed by atoms with Crippen molar-refractivity contribution in [2.45, 2.75) is 24.8 Å². The molecule has 2 aliphatic rings. The molecule has 0 unspecified atom stereocenters. The largest absolute Gasteiger partial charge is 0.573 e. The van der Waals surface area contributed by atoms with E-state index in [9.17, 15) is 32.3 Å². The fourth-order valence-electron chi connectivity index (χ4n) is 4.43. The van der Waals surface area contributed by atoms with Crippen molar-refractivity contribution < 1.29 is 37.0 Å². The number of halogens is 4. The number of nitrogens with zero attached hydrogens (tertiary/aromatic N) is 5. The molecule has 2 aromatic heterocycles. The Kier molecular flexibility index (Phi) is 5.66. The maximum absolute atomic E-state index is 13.3. The van der Waals surface area contributed by atoms with Gasteiger partial charge in [-0.15, -0.1) is 13.2 Å². The van der Waals surface area contributed by atoms with Gasteiger partial charge in [0.25, 0.3) is 11.8 Å². The van der Waals surface area contributed by atoms with Crippen molar-refractivity contribution in [3.05, 3.63) is 54.6 Å². The van der Waals surface area contributed by atoms with Crippen molar-refractivity contribution in [2.75, 3.05) is 24.5 Å². The Morgan fingerprint density at radius 2 is 1.86 bits per heavy atom. The van der Waals surface area contributed by atoms with E-state index in [0.29, 0.717) is 28.1 Å². The molecular weight excluding hydrogens is 486 g/mol. The molecule has 5 rings (SSSR count). The van der Waals surface area contributed by atoms with E-state index >= 15 is 0 Å². The minimum atomic E-state index is -4.84. The highest BCUT2D eigenvalue weighted by Gasteiger charge is 2.39. The molecule has 0 aliphatic carbocycles. The maximum atomic E-state index is 13.3. The molecule has 0 spiro atoms. The summed E-state index contributed by atoms with van der Waals surface area (Å²) in [5.41, 5.74) is 1.63. The number of aliphatic hydroxyl groups is 1. The zero-order chi connectivity index (χ0) is 25.8. The van der Waals surface area contributed by atoms with Gasteiger partial charge in [-0.1, -0.05) is 6.58 Å². The quantitative estimate of drug-likeness (QED) is 0.423. The van der Waals surface area contributed by atoms with Gasteiger partial charge in [0.15, 0.2) is 11.5 Å². The molecule has 1 atom stereocenters. The first-order chi connectivity index (χ1) is 17.0. The molecule has 9 nitrogen and oxygen atoms in total. The van der Waals surface area contributed by atoms with E-state index in [2.05, 4.69) is 21.4 Å². The molecule has 3 aromatic rings. The first-order valence-corrected chi connectivity index (χ1v) is 10.9. The number of hydrogen-bond donors (Lipinski definition) is 1. The van der Waals surface area contributed by atoms with Gasteiger partial charge in [-0.25, -0.2) is 14.1 Å². The predicted octanol–water partition coefficient (Wildman–Crippen LogP) is 2.83. The molecule has 0 radical (unpaired) electrons. The maximum Gasteiger partial charge on any atom is 0.573 e. The lowest BCUT2D eigenvalue weighted by Crippen LogP contribution is -2.48. The van der Waals surface area contributed by atoms with Crippen LogP contribution in [0.4, 0.5) is 23.2 Å². The highest BCUT2D eigenvalue weighted by Crippen LogP contribution is 2.39. The lowest BCUT2D eigenvalue weighted by atomic mass is 9.93. The summed E-state index contributed by atoms with van der Waals surface area (Å²) in [5, 5.41) is 15.1. The highest BCUT2D eigenvalue weighted by atomic mass is 19.4. The van der Waals surface area contributed by atoms with E-state index in [1.54, 1.807) is 6.07 Å². The van der Waals surface area contributed by atoms with Crippen LogP contribution in [0.5, 0.6) is 5.75 Å². The summed E-state index contributed by atoms with van der Waals surface area (Å²) in [4.78, 5) is 31.6. The van der Waals surface area contributed by atoms with E-state index in [1.165, 1.54) is 32.8 Å². The highest BCUT2D eigenvalue weighted by molar-refractivity contribution is 6.06. The molecule has 36 heavy (non-hydrogen) atoms. The first-order valence-electron chi connectivity index (χ1n) is 10.9. The van der Waals surface area contributed by atoms with Crippen molar-refractivity contribution in [3.63, 3.8) is 0 Å². The lowest BCUT2D eigenvalue weighted by Gasteiger charge is -2.38. The number of carbonyl (C=O) groups excluding carboxylic acids is 2. The van der Waals surface area contributed by atoms with Crippen LogP contribution in [0.2, 0.25) is 0 Å². The van der Waals surface area contributed by atoms with Crippen LogP contribution in [0.25, 0.3) is 16.7 Å². The molecule has 2 saturated heterocycles. The lowest BCUT2D eigenvalue weighted by molar-refractivity contribution is -0.274. The van der Waals surface area contributed by atoms with Crippen LogP contribution in [-0.2, 0) is 9.59 Å². The van der Waals surface area contributed by atoms with Crippen molar-refractivity contribution in [3.8, 4) is 11.4 Å². The molecule has 4 heterocycles. The topological polar surface area (TPSA) is 101 Å². The number of aliphatic hydroxyl groups excluding tert-OH is 1. The average Bonchev–Trinajstić information content (AvgIpc) is 3.33. The number of aromatic nitrogens is 3. The second kappa shape index (κ2) is 8.59. The SMILES string of the molecule is C=C(F)C(=O)N1CC(c2nn(-c3ccc(OC(F)(F)F)cc3)c3nccc(N4CC[C@@H](O)C4=O)c23)C1. The van der Waals surface area contributed by atoms with Crippen molar-refractivity contribution in [1.29, 1.82) is 0 Å². The standard InChI is InChI=1S/C23H19F4N5O4/c1-12(24)21(34)30-10-13(11-30)19-18-16(31-9-7-17(33)22(31)35)6-8-28-20(18)32(29-19)14-2-4-15(5-3-14)36-23(25,26)27/h2-6,8,13,17,33H,1,7,9-11H2/t17-/m1/s1. The number of ether oxygens (including phenoxy) is 1. The molecule has 188 valence electrons. The van der Waals surface area contributed by atoms with Gasteiger partial charge in [-0.05, 0) is 30.3 Å². The van der Waals surface area contributed by atoms with Crippen molar-refractivity contribution in [1.82, 2.24) is 19.7 Å². The summed E-state index contributed by atoms with van der Waals surface area (Å²) in [6, 6.07) is 6.63. The van der Waals surface area contributed by atoms with Crippen molar-refractivity contribution >= 4 is 28.5 Å². The Bertz CT molecular complexity index is 1370. The molecule has 1 N–H and O–H groups in total. The van der Waals surface area contributed by atoms with Gasteiger partial charge in [0.05, 0.1) is 22.5 Å². The number of likely N-dealkylation sites (tertiary alicyclic amines) is 1. The Balaban J connectivity index is 1.58. The summed E-state index contributed by atoms with van der Waals surface area (Å²) in [5.74, 6) is -3.12. The summed E-state index contributed by atoms with van der Waals surface area (Å²) in [7, 11) is 0. The summed E-state index contributed by atoms with van der Waals surface area (Å²) in [6.07, 6.45) is -4.27. The van der Waals surface area contributed by atoms with Crippen LogP contribution >= 0.6 is 0 Å². The number of amides is 2. The second-order valence-electron chi connectivity index (χ2n) is 8.47.